The topological polar surface area (TPSA) is 82.7 Å². The van der Waals surface area contributed by atoms with Crippen molar-refractivity contribution in [1.29, 1.82) is 0 Å². The van der Waals surface area contributed by atoms with Crippen molar-refractivity contribution in [3.63, 3.8) is 0 Å². The fourth-order valence-corrected chi connectivity index (χ4v) is 5.69. The van der Waals surface area contributed by atoms with Gasteiger partial charge in [0.25, 0.3) is 0 Å². The van der Waals surface area contributed by atoms with E-state index in [4.69, 9.17) is 4.74 Å². The summed E-state index contributed by atoms with van der Waals surface area (Å²) < 4.78 is 35.0. The van der Waals surface area contributed by atoms with Gasteiger partial charge in [-0.2, -0.15) is 0 Å². The first-order valence-electron chi connectivity index (χ1n) is 13.9. The average molecular weight is 523 g/mol. The largest absolute Gasteiger partial charge is 0.371 e. The third kappa shape index (κ3) is 8.92. The molecular formula is C28H44F2N4O3. The van der Waals surface area contributed by atoms with Crippen LogP contribution in [-0.2, 0) is 9.53 Å². The molecule has 1 heterocycles. The number of hydrogen-bond acceptors (Lipinski definition) is 4. The van der Waals surface area contributed by atoms with E-state index in [1.807, 2.05) is 7.05 Å². The second kappa shape index (κ2) is 15.2. The van der Waals surface area contributed by atoms with Crippen molar-refractivity contribution in [2.45, 2.75) is 76.9 Å². The maximum atomic E-state index is 14.8. The van der Waals surface area contributed by atoms with Gasteiger partial charge in [-0.1, -0.05) is 51.2 Å². The maximum Gasteiger partial charge on any atom is 0.317 e. The van der Waals surface area contributed by atoms with Gasteiger partial charge in [0.2, 0.25) is 5.91 Å². The first-order valence-corrected chi connectivity index (χ1v) is 13.9. The number of nitrogens with zero attached hydrogens (tertiary/aromatic N) is 1. The summed E-state index contributed by atoms with van der Waals surface area (Å²) >= 11 is 0. The van der Waals surface area contributed by atoms with Crippen LogP contribution in [0.5, 0.6) is 0 Å². The number of halogens is 2. The van der Waals surface area contributed by atoms with Crippen LogP contribution in [0.15, 0.2) is 18.2 Å². The summed E-state index contributed by atoms with van der Waals surface area (Å²) in [6.45, 7) is 3.93. The van der Waals surface area contributed by atoms with E-state index in [0.717, 1.165) is 25.3 Å². The van der Waals surface area contributed by atoms with Crippen LogP contribution < -0.4 is 16.0 Å². The lowest BCUT2D eigenvalue weighted by molar-refractivity contribution is -0.121. The van der Waals surface area contributed by atoms with Crippen molar-refractivity contribution < 1.29 is 23.1 Å². The van der Waals surface area contributed by atoms with Gasteiger partial charge in [0.05, 0.1) is 12.7 Å². The summed E-state index contributed by atoms with van der Waals surface area (Å²) in [5.41, 5.74) is 0.152. The number of likely N-dealkylation sites (tertiary alicyclic amines) is 1. The average Bonchev–Trinajstić information content (AvgIpc) is 2.91. The van der Waals surface area contributed by atoms with E-state index in [1.54, 1.807) is 17.9 Å². The lowest BCUT2D eigenvalue weighted by atomic mass is 9.85. The second-order valence-corrected chi connectivity index (χ2v) is 10.4. The number of carbonyl (C=O) groups excluding carboxylic acids is 2. The Morgan fingerprint density at radius 3 is 2.65 bits per heavy atom. The number of urea groups is 1. The molecule has 1 aromatic rings. The number of nitrogens with one attached hydrogen (secondary N) is 3. The van der Waals surface area contributed by atoms with E-state index in [0.29, 0.717) is 32.0 Å². The third-order valence-electron chi connectivity index (χ3n) is 7.62. The lowest BCUT2D eigenvalue weighted by Crippen LogP contribution is -2.52. The van der Waals surface area contributed by atoms with Crippen LogP contribution in [0.25, 0.3) is 0 Å². The van der Waals surface area contributed by atoms with Crippen LogP contribution in [0.2, 0.25) is 0 Å². The lowest BCUT2D eigenvalue weighted by Gasteiger charge is -2.38. The number of piperidine rings is 1. The number of rotatable bonds is 12. The molecule has 1 saturated carbocycles. The zero-order valence-corrected chi connectivity index (χ0v) is 22.4. The number of amides is 3. The van der Waals surface area contributed by atoms with Crippen LogP contribution >= 0.6 is 0 Å². The first kappa shape index (κ1) is 29.3. The Kier molecular flexibility index (Phi) is 12.1. The van der Waals surface area contributed by atoms with E-state index in [2.05, 4.69) is 16.0 Å². The van der Waals surface area contributed by atoms with Gasteiger partial charge in [0.1, 0.15) is 0 Å². The standard InChI is InChI=1S/C28H44F2N4O3/c1-3-25(35)32-14-16-37-27(23-12-7-13-24(29)26(23)30)21-11-8-15-34(19-21)28(36)33-22(18-31-2)17-20-9-5-4-6-10-20/h7,12-13,20-22,27,31H,3-6,8-11,14-19H2,1-2H3,(H,32,35)(H,33,36)/t21-,22+,27?/m1/s1. The summed E-state index contributed by atoms with van der Waals surface area (Å²) in [4.78, 5) is 26.6. The minimum absolute atomic E-state index is 0.0517. The molecule has 1 aliphatic carbocycles. The van der Waals surface area contributed by atoms with Gasteiger partial charge in [-0.25, -0.2) is 13.6 Å². The van der Waals surface area contributed by atoms with Crippen molar-refractivity contribution in [1.82, 2.24) is 20.9 Å². The van der Waals surface area contributed by atoms with Gasteiger partial charge in [0, 0.05) is 50.1 Å². The summed E-state index contributed by atoms with van der Waals surface area (Å²) in [6, 6.07) is 4.04. The van der Waals surface area contributed by atoms with Crippen LogP contribution in [0.3, 0.4) is 0 Å². The number of benzene rings is 1. The van der Waals surface area contributed by atoms with Crippen molar-refractivity contribution in [3.05, 3.63) is 35.4 Å². The van der Waals surface area contributed by atoms with E-state index >= 15 is 0 Å². The van der Waals surface area contributed by atoms with Gasteiger partial charge in [-0.3, -0.25) is 4.79 Å². The van der Waals surface area contributed by atoms with Crippen molar-refractivity contribution in [2.75, 3.05) is 39.8 Å². The van der Waals surface area contributed by atoms with Gasteiger partial charge in [-0.15, -0.1) is 0 Å². The Balaban J connectivity index is 1.66. The Morgan fingerprint density at radius 1 is 1.14 bits per heavy atom. The molecule has 1 aromatic carbocycles. The molecule has 3 amide bonds. The fourth-order valence-electron chi connectivity index (χ4n) is 5.69. The normalized spacial score (nSPS) is 20.3. The summed E-state index contributed by atoms with van der Waals surface area (Å²) in [6.07, 6.45) is 8.36. The van der Waals surface area contributed by atoms with E-state index in [9.17, 15) is 18.4 Å². The Bertz CT molecular complexity index is 866. The SMILES string of the molecule is CCC(=O)NCCOC(c1cccc(F)c1F)[C@@H]1CCCN(C(=O)N[C@H](CNC)CC2CCCCC2)C1. The van der Waals surface area contributed by atoms with Gasteiger partial charge in [-0.05, 0) is 38.3 Å². The van der Waals surface area contributed by atoms with Crippen LogP contribution in [0.4, 0.5) is 13.6 Å². The summed E-state index contributed by atoms with van der Waals surface area (Å²) in [5, 5.41) is 9.18. The molecule has 9 heteroatoms. The molecule has 0 radical (unpaired) electrons. The zero-order chi connectivity index (χ0) is 26.6. The van der Waals surface area contributed by atoms with Crippen LogP contribution in [0, 0.1) is 23.5 Å². The highest BCUT2D eigenvalue weighted by Crippen LogP contribution is 2.35. The highest BCUT2D eigenvalue weighted by atomic mass is 19.2. The minimum atomic E-state index is -0.923. The molecule has 1 aliphatic heterocycles. The smallest absolute Gasteiger partial charge is 0.317 e. The Morgan fingerprint density at radius 2 is 1.92 bits per heavy atom. The highest BCUT2D eigenvalue weighted by molar-refractivity contribution is 5.75. The second-order valence-electron chi connectivity index (χ2n) is 10.4. The van der Waals surface area contributed by atoms with E-state index in [-0.39, 0.29) is 42.6 Å². The van der Waals surface area contributed by atoms with E-state index < -0.39 is 17.7 Å². The van der Waals surface area contributed by atoms with Crippen LogP contribution in [-0.4, -0.2) is 62.7 Å². The van der Waals surface area contributed by atoms with E-state index in [1.165, 1.54) is 38.2 Å². The Labute approximate surface area is 220 Å². The molecule has 7 nitrogen and oxygen atoms in total. The fraction of sp³-hybridized carbons (Fsp3) is 0.714. The molecule has 0 spiro atoms. The molecule has 3 atom stereocenters. The van der Waals surface area contributed by atoms with Crippen LogP contribution in [0.1, 0.15) is 76.4 Å². The van der Waals surface area contributed by atoms with Crippen molar-refractivity contribution in [2.24, 2.45) is 11.8 Å². The summed E-state index contributed by atoms with van der Waals surface area (Å²) in [7, 11) is 1.90. The molecule has 0 aromatic heterocycles. The molecule has 2 aliphatic rings. The van der Waals surface area contributed by atoms with Gasteiger partial charge >= 0.3 is 6.03 Å². The number of likely N-dealkylation sites (N-methyl/N-ethyl adjacent to an activating group) is 1. The van der Waals surface area contributed by atoms with Crippen molar-refractivity contribution >= 4 is 11.9 Å². The first-order chi connectivity index (χ1) is 17.9. The Hall–Kier alpha value is -2.26. The molecular weight excluding hydrogens is 478 g/mol. The summed E-state index contributed by atoms with van der Waals surface area (Å²) in [5.74, 6) is -1.49. The molecule has 208 valence electrons. The predicted octanol–water partition coefficient (Wildman–Crippen LogP) is 4.53. The predicted molar refractivity (Wildman–Crippen MR) is 140 cm³/mol. The number of ether oxygens (including phenoxy) is 1. The maximum absolute atomic E-state index is 14.8. The molecule has 3 N–H and O–H groups in total. The zero-order valence-electron chi connectivity index (χ0n) is 22.4. The minimum Gasteiger partial charge on any atom is -0.371 e. The molecule has 1 unspecified atom stereocenters. The third-order valence-corrected chi connectivity index (χ3v) is 7.62. The quantitative estimate of drug-likeness (QED) is 0.352. The number of carbonyl (C=O) groups is 2. The molecule has 2 fully saturated rings. The molecule has 0 bridgehead atoms. The molecule has 3 rings (SSSR count). The highest BCUT2D eigenvalue weighted by Gasteiger charge is 2.34. The van der Waals surface area contributed by atoms with Crippen molar-refractivity contribution in [3.8, 4) is 0 Å². The number of hydrogen-bond donors (Lipinski definition) is 3. The monoisotopic (exact) mass is 522 g/mol. The molecule has 1 saturated heterocycles. The van der Waals surface area contributed by atoms with Gasteiger partial charge in [0.15, 0.2) is 11.6 Å². The van der Waals surface area contributed by atoms with Gasteiger partial charge < -0.3 is 25.6 Å². The molecule has 37 heavy (non-hydrogen) atoms.